The summed E-state index contributed by atoms with van der Waals surface area (Å²) in [7, 11) is 3.96. The Morgan fingerprint density at radius 3 is 2.26 bits per heavy atom. The van der Waals surface area contributed by atoms with Gasteiger partial charge in [-0.3, -0.25) is 4.79 Å². The second-order valence-corrected chi connectivity index (χ2v) is 6.75. The Hall–Kier alpha value is -3.34. The molecule has 27 heavy (non-hydrogen) atoms. The molecule has 0 unspecified atom stereocenters. The fourth-order valence-electron chi connectivity index (χ4n) is 2.65. The Kier molecular flexibility index (Phi) is 5.41. The van der Waals surface area contributed by atoms with Crippen LogP contribution in [0.15, 0.2) is 60.8 Å². The van der Waals surface area contributed by atoms with Gasteiger partial charge in [0, 0.05) is 42.9 Å². The number of benzene rings is 2. The first-order valence-corrected chi connectivity index (χ1v) is 8.81. The number of aromatic nitrogens is 1. The molecule has 1 heterocycles. The molecule has 0 spiro atoms. The molecule has 2 N–H and O–H groups in total. The fraction of sp³-hybridized carbons (Fsp3) is 0.182. The van der Waals surface area contributed by atoms with E-state index >= 15 is 0 Å². The highest BCUT2D eigenvalue weighted by Gasteiger charge is 2.08. The van der Waals surface area contributed by atoms with E-state index in [-0.39, 0.29) is 5.91 Å². The predicted molar refractivity (Wildman–Crippen MR) is 112 cm³/mol. The van der Waals surface area contributed by atoms with Crippen LogP contribution >= 0.6 is 0 Å². The molecule has 3 rings (SSSR count). The van der Waals surface area contributed by atoms with Gasteiger partial charge in [-0.05, 0) is 73.5 Å². The van der Waals surface area contributed by atoms with E-state index in [2.05, 4.69) is 41.6 Å². The Labute approximate surface area is 160 Å². The third kappa shape index (κ3) is 4.64. The van der Waals surface area contributed by atoms with E-state index in [1.165, 1.54) is 11.1 Å². The maximum atomic E-state index is 12.6. The summed E-state index contributed by atoms with van der Waals surface area (Å²) < 4.78 is 0. The molecule has 0 aliphatic rings. The average molecular weight is 360 g/mol. The number of carbonyl (C=O) groups is 1. The lowest BCUT2D eigenvalue weighted by Crippen LogP contribution is -2.13. The number of carbonyl (C=O) groups excluding carboxylic acids is 1. The molecule has 0 bridgehead atoms. The Morgan fingerprint density at radius 2 is 1.59 bits per heavy atom. The number of hydrogen-bond donors (Lipinski definition) is 2. The lowest BCUT2D eigenvalue weighted by atomic mass is 10.1. The number of nitrogens with zero attached hydrogens (tertiary/aromatic N) is 2. The van der Waals surface area contributed by atoms with Crippen molar-refractivity contribution >= 4 is 28.8 Å². The number of nitrogens with one attached hydrogen (secondary N) is 2. The zero-order chi connectivity index (χ0) is 19.4. The van der Waals surface area contributed by atoms with Gasteiger partial charge in [-0.25, -0.2) is 4.98 Å². The normalized spacial score (nSPS) is 10.4. The fourth-order valence-corrected chi connectivity index (χ4v) is 2.65. The summed E-state index contributed by atoms with van der Waals surface area (Å²) in [6.07, 6.45) is 1.63. The SMILES string of the molecule is Cc1ccc(Nc2cc(C(=O)Nc3ccc(N(C)C)cc3)ccn2)cc1C. The van der Waals surface area contributed by atoms with Gasteiger partial charge in [0.05, 0.1) is 0 Å². The molecule has 5 heteroatoms. The molecule has 0 saturated carbocycles. The minimum absolute atomic E-state index is 0.168. The zero-order valence-corrected chi connectivity index (χ0v) is 16.1. The Balaban J connectivity index is 1.72. The average Bonchev–Trinajstić information content (AvgIpc) is 2.65. The molecule has 0 atom stereocenters. The summed E-state index contributed by atoms with van der Waals surface area (Å²) in [5, 5.41) is 6.17. The van der Waals surface area contributed by atoms with Crippen LogP contribution in [0, 0.1) is 13.8 Å². The van der Waals surface area contributed by atoms with Crippen molar-refractivity contribution in [3.8, 4) is 0 Å². The van der Waals surface area contributed by atoms with Gasteiger partial charge in [0.15, 0.2) is 0 Å². The summed E-state index contributed by atoms with van der Waals surface area (Å²) in [5.41, 5.74) is 5.77. The number of hydrogen-bond acceptors (Lipinski definition) is 4. The van der Waals surface area contributed by atoms with E-state index in [4.69, 9.17) is 0 Å². The van der Waals surface area contributed by atoms with Crippen LogP contribution in [0.25, 0.3) is 0 Å². The van der Waals surface area contributed by atoms with E-state index in [0.29, 0.717) is 11.4 Å². The summed E-state index contributed by atoms with van der Waals surface area (Å²) in [6.45, 7) is 4.15. The first kappa shape index (κ1) is 18.5. The van der Waals surface area contributed by atoms with Crippen LogP contribution in [0.2, 0.25) is 0 Å². The van der Waals surface area contributed by atoms with Gasteiger partial charge in [-0.15, -0.1) is 0 Å². The minimum Gasteiger partial charge on any atom is -0.378 e. The van der Waals surface area contributed by atoms with Gasteiger partial charge in [0.1, 0.15) is 5.82 Å². The van der Waals surface area contributed by atoms with Gasteiger partial charge in [-0.2, -0.15) is 0 Å². The smallest absolute Gasteiger partial charge is 0.255 e. The van der Waals surface area contributed by atoms with Crippen molar-refractivity contribution in [2.45, 2.75) is 13.8 Å². The third-order valence-electron chi connectivity index (χ3n) is 4.44. The van der Waals surface area contributed by atoms with Crippen LogP contribution in [0.4, 0.5) is 22.9 Å². The molecule has 138 valence electrons. The molecule has 0 fully saturated rings. The largest absolute Gasteiger partial charge is 0.378 e. The second kappa shape index (κ2) is 7.91. The lowest BCUT2D eigenvalue weighted by Gasteiger charge is -2.13. The first-order chi connectivity index (χ1) is 12.9. The van der Waals surface area contributed by atoms with Crippen molar-refractivity contribution in [1.82, 2.24) is 4.98 Å². The van der Waals surface area contributed by atoms with Crippen molar-refractivity contribution in [2.24, 2.45) is 0 Å². The topological polar surface area (TPSA) is 57.3 Å². The quantitative estimate of drug-likeness (QED) is 0.689. The van der Waals surface area contributed by atoms with Crippen LogP contribution in [0.5, 0.6) is 0 Å². The highest BCUT2D eigenvalue weighted by Crippen LogP contribution is 2.20. The summed E-state index contributed by atoms with van der Waals surface area (Å²) in [4.78, 5) is 18.9. The van der Waals surface area contributed by atoms with Crippen molar-refractivity contribution in [3.63, 3.8) is 0 Å². The molecule has 0 saturated heterocycles. The summed E-state index contributed by atoms with van der Waals surface area (Å²) in [6, 6.07) is 17.3. The summed E-state index contributed by atoms with van der Waals surface area (Å²) in [5.74, 6) is 0.465. The van der Waals surface area contributed by atoms with Crippen LogP contribution < -0.4 is 15.5 Å². The highest BCUT2D eigenvalue weighted by atomic mass is 16.1. The molecule has 0 radical (unpaired) electrons. The number of pyridine rings is 1. The maximum absolute atomic E-state index is 12.6. The number of anilines is 4. The maximum Gasteiger partial charge on any atom is 0.255 e. The lowest BCUT2D eigenvalue weighted by molar-refractivity contribution is 0.102. The van der Waals surface area contributed by atoms with Gasteiger partial charge >= 0.3 is 0 Å². The molecule has 0 aliphatic heterocycles. The molecular formula is C22H24N4O. The van der Waals surface area contributed by atoms with Crippen LogP contribution in [-0.2, 0) is 0 Å². The van der Waals surface area contributed by atoms with Gasteiger partial charge in [-0.1, -0.05) is 6.07 Å². The summed E-state index contributed by atoms with van der Waals surface area (Å²) >= 11 is 0. The third-order valence-corrected chi connectivity index (χ3v) is 4.44. The first-order valence-electron chi connectivity index (χ1n) is 8.81. The van der Waals surface area contributed by atoms with Crippen LogP contribution in [0.1, 0.15) is 21.5 Å². The van der Waals surface area contributed by atoms with Crippen molar-refractivity contribution in [2.75, 3.05) is 29.6 Å². The van der Waals surface area contributed by atoms with Crippen LogP contribution in [0.3, 0.4) is 0 Å². The molecular weight excluding hydrogens is 336 g/mol. The molecule has 1 amide bonds. The van der Waals surface area contributed by atoms with E-state index < -0.39 is 0 Å². The van der Waals surface area contributed by atoms with Gasteiger partial charge < -0.3 is 15.5 Å². The van der Waals surface area contributed by atoms with Crippen molar-refractivity contribution in [1.29, 1.82) is 0 Å². The number of aryl methyl sites for hydroxylation is 2. The Bertz CT molecular complexity index is 949. The number of amides is 1. The van der Waals surface area contributed by atoms with Gasteiger partial charge in [0.25, 0.3) is 5.91 Å². The monoisotopic (exact) mass is 360 g/mol. The molecule has 1 aromatic heterocycles. The molecule has 3 aromatic rings. The van der Waals surface area contributed by atoms with Crippen LogP contribution in [-0.4, -0.2) is 25.0 Å². The van der Waals surface area contributed by atoms with Crippen molar-refractivity contribution < 1.29 is 4.79 Å². The van der Waals surface area contributed by atoms with E-state index in [1.807, 2.05) is 49.3 Å². The highest BCUT2D eigenvalue weighted by molar-refractivity contribution is 6.04. The predicted octanol–water partition coefficient (Wildman–Crippen LogP) is 4.76. The standard InChI is InChI=1S/C22H24N4O/c1-15-5-6-19(13-16(15)2)24-21-14-17(11-12-23-21)22(27)25-18-7-9-20(10-8-18)26(3)4/h5-14H,1-4H3,(H,23,24)(H,25,27). The van der Waals surface area contributed by atoms with E-state index in [0.717, 1.165) is 17.1 Å². The van der Waals surface area contributed by atoms with Crippen molar-refractivity contribution in [3.05, 3.63) is 77.5 Å². The minimum atomic E-state index is -0.168. The zero-order valence-electron chi connectivity index (χ0n) is 16.1. The van der Waals surface area contributed by atoms with E-state index in [9.17, 15) is 4.79 Å². The van der Waals surface area contributed by atoms with Gasteiger partial charge in [0.2, 0.25) is 0 Å². The second-order valence-electron chi connectivity index (χ2n) is 6.75. The van der Waals surface area contributed by atoms with E-state index in [1.54, 1.807) is 18.3 Å². The molecule has 2 aromatic carbocycles. The Morgan fingerprint density at radius 1 is 0.889 bits per heavy atom. The molecule has 5 nitrogen and oxygen atoms in total. The molecule has 0 aliphatic carbocycles. The number of rotatable bonds is 5.